The fraction of sp³-hybridized carbons (Fsp3) is 0.136. The normalized spacial score (nSPS) is 16.2. The first kappa shape index (κ1) is 16.8. The maximum absolute atomic E-state index is 13.4. The Balaban J connectivity index is 1.80. The molecule has 0 saturated heterocycles. The zero-order valence-electron chi connectivity index (χ0n) is 14.0. The molecule has 4 rings (SSSR count). The SMILES string of the molecule is O=C(c1cccc(Cl)c1)N1CCc2ccccc2C1c1ccc(F)cc1. The summed E-state index contributed by atoms with van der Waals surface area (Å²) in [6.45, 7) is 0.602. The number of rotatable bonds is 2. The highest BCUT2D eigenvalue weighted by Crippen LogP contribution is 2.36. The van der Waals surface area contributed by atoms with Crippen molar-refractivity contribution in [2.75, 3.05) is 6.54 Å². The number of hydrogen-bond acceptors (Lipinski definition) is 1. The highest BCUT2D eigenvalue weighted by atomic mass is 35.5. The zero-order valence-corrected chi connectivity index (χ0v) is 14.8. The van der Waals surface area contributed by atoms with E-state index in [0.29, 0.717) is 17.1 Å². The molecule has 0 aliphatic carbocycles. The van der Waals surface area contributed by atoms with Gasteiger partial charge in [0.05, 0.1) is 6.04 Å². The highest BCUT2D eigenvalue weighted by Gasteiger charge is 2.32. The number of hydrogen-bond donors (Lipinski definition) is 0. The standard InChI is InChI=1S/C22H17ClFNO/c23-18-6-3-5-17(14-18)22(26)25-13-12-15-4-1-2-7-20(15)21(25)16-8-10-19(24)11-9-16/h1-11,14,21H,12-13H2. The second-order valence-corrected chi connectivity index (χ2v) is 6.85. The summed E-state index contributed by atoms with van der Waals surface area (Å²) in [5.74, 6) is -0.359. The summed E-state index contributed by atoms with van der Waals surface area (Å²) in [6.07, 6.45) is 0.792. The summed E-state index contributed by atoms with van der Waals surface area (Å²) in [4.78, 5) is 15.1. The van der Waals surface area contributed by atoms with Crippen LogP contribution >= 0.6 is 11.6 Å². The lowest BCUT2D eigenvalue weighted by atomic mass is 9.87. The monoisotopic (exact) mass is 365 g/mol. The number of benzene rings is 3. The molecular formula is C22H17ClFNO. The lowest BCUT2D eigenvalue weighted by Crippen LogP contribution is -2.40. The van der Waals surface area contributed by atoms with Crippen LogP contribution in [0.5, 0.6) is 0 Å². The lowest BCUT2D eigenvalue weighted by Gasteiger charge is -2.38. The predicted octanol–water partition coefficient (Wildman–Crippen LogP) is 5.27. The van der Waals surface area contributed by atoms with Gasteiger partial charge in [-0.1, -0.05) is 54.1 Å². The van der Waals surface area contributed by atoms with E-state index in [-0.39, 0.29) is 17.8 Å². The maximum atomic E-state index is 13.4. The van der Waals surface area contributed by atoms with E-state index in [1.165, 1.54) is 17.7 Å². The number of halogens is 2. The van der Waals surface area contributed by atoms with Gasteiger partial charge >= 0.3 is 0 Å². The second-order valence-electron chi connectivity index (χ2n) is 6.41. The fourth-order valence-corrected chi connectivity index (χ4v) is 3.77. The average Bonchev–Trinajstić information content (AvgIpc) is 2.67. The number of amides is 1. The Labute approximate surface area is 156 Å². The van der Waals surface area contributed by atoms with E-state index in [4.69, 9.17) is 11.6 Å². The van der Waals surface area contributed by atoms with Gasteiger partial charge in [0.2, 0.25) is 0 Å². The Kier molecular flexibility index (Phi) is 4.48. The molecule has 2 nitrogen and oxygen atoms in total. The smallest absolute Gasteiger partial charge is 0.254 e. The topological polar surface area (TPSA) is 20.3 Å². The third kappa shape index (κ3) is 3.11. The molecule has 0 spiro atoms. The van der Waals surface area contributed by atoms with Gasteiger partial charge in [-0.25, -0.2) is 4.39 Å². The number of carbonyl (C=O) groups is 1. The molecule has 1 heterocycles. The van der Waals surface area contributed by atoms with Crippen LogP contribution in [0.2, 0.25) is 5.02 Å². The van der Waals surface area contributed by atoms with E-state index >= 15 is 0 Å². The molecule has 0 saturated carbocycles. The van der Waals surface area contributed by atoms with Crippen LogP contribution in [0.15, 0.2) is 72.8 Å². The van der Waals surface area contributed by atoms with Crippen LogP contribution < -0.4 is 0 Å². The van der Waals surface area contributed by atoms with Crippen molar-refractivity contribution in [1.82, 2.24) is 4.90 Å². The number of carbonyl (C=O) groups excluding carboxylic acids is 1. The Bertz CT molecular complexity index is 954. The van der Waals surface area contributed by atoms with Crippen molar-refractivity contribution in [3.63, 3.8) is 0 Å². The number of nitrogens with zero attached hydrogens (tertiary/aromatic N) is 1. The minimum absolute atomic E-state index is 0.0728. The van der Waals surface area contributed by atoms with Crippen LogP contribution in [0.25, 0.3) is 0 Å². The molecule has 130 valence electrons. The van der Waals surface area contributed by atoms with Crippen LogP contribution in [0.1, 0.15) is 33.1 Å². The van der Waals surface area contributed by atoms with Crippen LogP contribution in [-0.2, 0) is 6.42 Å². The van der Waals surface area contributed by atoms with E-state index in [2.05, 4.69) is 6.07 Å². The molecule has 1 aliphatic rings. The Morgan fingerprint density at radius 2 is 1.77 bits per heavy atom. The van der Waals surface area contributed by atoms with Gasteiger partial charge in [-0.15, -0.1) is 0 Å². The molecule has 1 aliphatic heterocycles. The summed E-state index contributed by atoms with van der Waals surface area (Å²) in [6, 6.07) is 21.2. The van der Waals surface area contributed by atoms with Crippen LogP contribution in [0, 0.1) is 5.82 Å². The van der Waals surface area contributed by atoms with Crippen molar-refractivity contribution >= 4 is 17.5 Å². The summed E-state index contributed by atoms with van der Waals surface area (Å²) >= 11 is 6.07. The fourth-order valence-electron chi connectivity index (χ4n) is 3.58. The van der Waals surface area contributed by atoms with Crippen molar-refractivity contribution in [2.24, 2.45) is 0 Å². The van der Waals surface area contributed by atoms with Gasteiger partial charge in [0.15, 0.2) is 0 Å². The van der Waals surface area contributed by atoms with Gasteiger partial charge in [0, 0.05) is 17.1 Å². The van der Waals surface area contributed by atoms with E-state index in [1.807, 2.05) is 23.1 Å². The second kappa shape index (κ2) is 6.93. The lowest BCUT2D eigenvalue weighted by molar-refractivity contribution is 0.0694. The molecule has 26 heavy (non-hydrogen) atoms. The largest absolute Gasteiger partial charge is 0.327 e. The van der Waals surface area contributed by atoms with Gasteiger partial charge in [0.25, 0.3) is 5.91 Å². The summed E-state index contributed by atoms with van der Waals surface area (Å²) in [5.41, 5.74) is 3.76. The molecule has 0 aromatic heterocycles. The van der Waals surface area contributed by atoms with Gasteiger partial charge in [-0.05, 0) is 53.4 Å². The Morgan fingerprint density at radius 1 is 1.00 bits per heavy atom. The van der Waals surface area contributed by atoms with Crippen molar-refractivity contribution < 1.29 is 9.18 Å². The Morgan fingerprint density at radius 3 is 2.54 bits per heavy atom. The molecule has 3 aromatic rings. The first-order chi connectivity index (χ1) is 12.6. The molecule has 1 atom stereocenters. The average molecular weight is 366 g/mol. The van der Waals surface area contributed by atoms with Crippen molar-refractivity contribution in [3.05, 3.63) is 106 Å². The predicted molar refractivity (Wildman–Crippen MR) is 101 cm³/mol. The third-order valence-corrected chi connectivity index (χ3v) is 5.04. The quantitative estimate of drug-likeness (QED) is 0.606. The minimum atomic E-state index is -0.287. The molecule has 1 unspecified atom stereocenters. The van der Waals surface area contributed by atoms with Gasteiger partial charge in [0.1, 0.15) is 5.82 Å². The molecule has 0 fully saturated rings. The Hall–Kier alpha value is -2.65. The van der Waals surface area contributed by atoms with E-state index in [1.54, 1.807) is 36.4 Å². The summed E-state index contributed by atoms with van der Waals surface area (Å²) in [5, 5.41) is 0.534. The first-order valence-electron chi connectivity index (χ1n) is 8.53. The van der Waals surface area contributed by atoms with Crippen LogP contribution in [0.3, 0.4) is 0 Å². The molecule has 0 N–H and O–H groups in total. The van der Waals surface area contributed by atoms with Crippen LogP contribution in [-0.4, -0.2) is 17.4 Å². The molecule has 1 amide bonds. The van der Waals surface area contributed by atoms with Crippen LogP contribution in [0.4, 0.5) is 4.39 Å². The maximum Gasteiger partial charge on any atom is 0.254 e. The molecule has 0 radical (unpaired) electrons. The van der Waals surface area contributed by atoms with E-state index < -0.39 is 0 Å². The summed E-state index contributed by atoms with van der Waals surface area (Å²) < 4.78 is 13.4. The third-order valence-electron chi connectivity index (χ3n) is 4.80. The number of fused-ring (bicyclic) bond motifs is 1. The van der Waals surface area contributed by atoms with Crippen molar-refractivity contribution in [1.29, 1.82) is 0 Å². The van der Waals surface area contributed by atoms with Gasteiger partial charge in [-0.2, -0.15) is 0 Å². The van der Waals surface area contributed by atoms with Crippen molar-refractivity contribution in [2.45, 2.75) is 12.5 Å². The first-order valence-corrected chi connectivity index (χ1v) is 8.91. The van der Waals surface area contributed by atoms with Gasteiger partial charge < -0.3 is 4.90 Å². The van der Waals surface area contributed by atoms with Crippen molar-refractivity contribution in [3.8, 4) is 0 Å². The molecule has 0 bridgehead atoms. The molecule has 4 heteroatoms. The summed E-state index contributed by atoms with van der Waals surface area (Å²) in [7, 11) is 0. The highest BCUT2D eigenvalue weighted by molar-refractivity contribution is 6.30. The molecule has 3 aromatic carbocycles. The molecular weight excluding hydrogens is 349 g/mol. The zero-order chi connectivity index (χ0) is 18.1. The van der Waals surface area contributed by atoms with Gasteiger partial charge in [-0.3, -0.25) is 4.79 Å². The van der Waals surface area contributed by atoms with E-state index in [0.717, 1.165) is 17.5 Å². The minimum Gasteiger partial charge on any atom is -0.327 e. The van der Waals surface area contributed by atoms with E-state index in [9.17, 15) is 9.18 Å².